The first kappa shape index (κ1) is 19.3. The fraction of sp³-hybridized carbons (Fsp3) is 1.00. The fourth-order valence-corrected chi connectivity index (χ4v) is 0. The van der Waals surface area contributed by atoms with Gasteiger partial charge in [-0.3, -0.25) is 4.57 Å². The van der Waals surface area contributed by atoms with Gasteiger partial charge in [0.2, 0.25) is 0 Å². The summed E-state index contributed by atoms with van der Waals surface area (Å²) in [4.78, 5) is 14.3. The SMILES string of the molecule is CC(F)(F)F.CC(F)(F)F.O=[PH](O)O. The maximum Gasteiger partial charge on any atom is 0.386 e. The Kier molecular flexibility index (Phi) is 11.1. The van der Waals surface area contributed by atoms with E-state index in [4.69, 9.17) is 14.4 Å². The molecular weight excluding hydrogens is 241 g/mol. The maximum absolute atomic E-state index is 10.4. The fourth-order valence-electron chi connectivity index (χ4n) is 0. The second kappa shape index (κ2) is 8.07. The Morgan fingerprint density at radius 2 is 0.857 bits per heavy atom. The van der Waals surface area contributed by atoms with Crippen molar-refractivity contribution < 1.29 is 40.7 Å². The molecule has 0 heterocycles. The quantitative estimate of drug-likeness (QED) is 0.513. The second-order valence-electron chi connectivity index (χ2n) is 1.85. The van der Waals surface area contributed by atoms with Gasteiger partial charge in [0.05, 0.1) is 0 Å². The number of hydrogen-bond donors (Lipinski definition) is 2. The summed E-state index contributed by atoms with van der Waals surface area (Å²) in [7, 11) is -3.13. The van der Waals surface area contributed by atoms with Gasteiger partial charge in [0.15, 0.2) is 0 Å². The van der Waals surface area contributed by atoms with E-state index in [-0.39, 0.29) is 13.8 Å². The summed E-state index contributed by atoms with van der Waals surface area (Å²) in [6.07, 6.45) is -8.00. The van der Waals surface area contributed by atoms with Crippen molar-refractivity contribution >= 4 is 8.25 Å². The molecule has 0 fully saturated rings. The van der Waals surface area contributed by atoms with Crippen LogP contribution >= 0.6 is 8.25 Å². The first-order chi connectivity index (χ1) is 5.73. The molecule has 0 spiro atoms. The van der Waals surface area contributed by atoms with Crippen LogP contribution in [0.5, 0.6) is 0 Å². The van der Waals surface area contributed by atoms with Gasteiger partial charge in [-0.1, -0.05) is 0 Å². The summed E-state index contributed by atoms with van der Waals surface area (Å²) in [5, 5.41) is 0. The highest BCUT2D eigenvalue weighted by Gasteiger charge is 2.16. The molecule has 0 aliphatic carbocycles. The zero-order valence-electron chi connectivity index (χ0n) is 7.07. The lowest BCUT2D eigenvalue weighted by Gasteiger charge is -1.88. The standard InChI is InChI=1S/2C2H3F3.H3O3P/c2*1-2(3,4)5;1-4(2)3/h2*1H3;4H,(H2,1,2,3). The van der Waals surface area contributed by atoms with Gasteiger partial charge in [-0.25, -0.2) is 0 Å². The minimum Gasteiger partial charge on any atom is -0.326 e. The van der Waals surface area contributed by atoms with Crippen molar-refractivity contribution in [3.05, 3.63) is 0 Å². The van der Waals surface area contributed by atoms with Gasteiger partial charge in [0.25, 0.3) is 0 Å². The second-order valence-corrected chi connectivity index (χ2v) is 2.41. The Labute approximate surface area is 76.3 Å². The smallest absolute Gasteiger partial charge is 0.326 e. The Bertz CT molecular complexity index is 124. The Balaban J connectivity index is -0.000000131. The summed E-state index contributed by atoms with van der Waals surface area (Å²) >= 11 is 0. The molecule has 0 unspecified atom stereocenters. The van der Waals surface area contributed by atoms with Gasteiger partial charge in [-0.05, 0) is 0 Å². The van der Waals surface area contributed by atoms with E-state index in [0.29, 0.717) is 0 Å². The van der Waals surface area contributed by atoms with Crippen molar-refractivity contribution in [2.45, 2.75) is 26.2 Å². The minimum absolute atomic E-state index is 0.188. The Morgan fingerprint density at radius 1 is 0.857 bits per heavy atom. The van der Waals surface area contributed by atoms with Crippen LogP contribution in [0, 0.1) is 0 Å². The van der Waals surface area contributed by atoms with E-state index in [1.807, 2.05) is 0 Å². The third kappa shape index (κ3) is 18500. The highest BCUT2D eigenvalue weighted by Crippen LogP contribution is 2.10. The highest BCUT2D eigenvalue weighted by atomic mass is 31.1. The van der Waals surface area contributed by atoms with Gasteiger partial charge >= 0.3 is 20.6 Å². The Morgan fingerprint density at radius 3 is 0.857 bits per heavy atom. The molecule has 0 aliphatic heterocycles. The molecule has 0 aliphatic rings. The van der Waals surface area contributed by atoms with Gasteiger partial charge < -0.3 is 9.79 Å². The van der Waals surface area contributed by atoms with Crippen molar-refractivity contribution in [1.82, 2.24) is 0 Å². The van der Waals surface area contributed by atoms with Crippen LogP contribution in [0.15, 0.2) is 0 Å². The van der Waals surface area contributed by atoms with Crippen LogP contribution in [0.25, 0.3) is 0 Å². The van der Waals surface area contributed by atoms with Crippen LogP contribution in [-0.2, 0) is 4.57 Å². The van der Waals surface area contributed by atoms with Crippen molar-refractivity contribution in [1.29, 1.82) is 0 Å². The first-order valence-corrected chi connectivity index (χ1v) is 4.09. The molecule has 3 nitrogen and oxygen atoms in total. The van der Waals surface area contributed by atoms with E-state index >= 15 is 0 Å². The van der Waals surface area contributed by atoms with Crippen LogP contribution < -0.4 is 0 Å². The maximum atomic E-state index is 10.4. The number of halogens is 6. The van der Waals surface area contributed by atoms with Crippen LogP contribution in [0.2, 0.25) is 0 Å². The monoisotopic (exact) mass is 250 g/mol. The molecule has 10 heteroatoms. The molecule has 0 aromatic carbocycles. The highest BCUT2D eigenvalue weighted by molar-refractivity contribution is 7.30. The molecule has 0 radical (unpaired) electrons. The third-order valence-corrected chi connectivity index (χ3v) is 0. The van der Waals surface area contributed by atoms with E-state index in [2.05, 4.69) is 0 Å². The van der Waals surface area contributed by atoms with Gasteiger partial charge in [0, 0.05) is 13.8 Å². The van der Waals surface area contributed by atoms with Gasteiger partial charge in [-0.15, -0.1) is 0 Å². The molecular formula is C4H9F6O3P. The summed E-state index contributed by atoms with van der Waals surface area (Å²) < 4.78 is 70.9. The van der Waals surface area contributed by atoms with Crippen molar-refractivity contribution in [2.75, 3.05) is 0 Å². The zero-order chi connectivity index (χ0) is 12.6. The van der Waals surface area contributed by atoms with E-state index in [1.54, 1.807) is 0 Å². The van der Waals surface area contributed by atoms with E-state index in [1.165, 1.54) is 0 Å². The first-order valence-electron chi connectivity index (χ1n) is 2.79. The lowest BCUT2D eigenvalue weighted by atomic mass is 10.8. The van der Waals surface area contributed by atoms with Gasteiger partial charge in [0.1, 0.15) is 0 Å². The third-order valence-electron chi connectivity index (χ3n) is 0. The molecule has 0 aromatic rings. The molecule has 90 valence electrons. The van der Waals surface area contributed by atoms with Crippen molar-refractivity contribution in [3.8, 4) is 0 Å². The van der Waals surface area contributed by atoms with Crippen LogP contribution in [0.4, 0.5) is 26.3 Å². The molecule has 0 saturated heterocycles. The number of hydrogen-bond acceptors (Lipinski definition) is 1. The van der Waals surface area contributed by atoms with Crippen LogP contribution in [0.3, 0.4) is 0 Å². The van der Waals surface area contributed by atoms with E-state index in [9.17, 15) is 26.3 Å². The summed E-state index contributed by atoms with van der Waals surface area (Å²) in [5.74, 6) is 0. The zero-order valence-corrected chi connectivity index (χ0v) is 8.07. The lowest BCUT2D eigenvalue weighted by Crippen LogP contribution is -1.95. The van der Waals surface area contributed by atoms with E-state index < -0.39 is 20.6 Å². The lowest BCUT2D eigenvalue weighted by molar-refractivity contribution is -0.111. The molecule has 0 amide bonds. The molecule has 14 heavy (non-hydrogen) atoms. The molecule has 0 saturated carbocycles. The van der Waals surface area contributed by atoms with E-state index in [0.717, 1.165) is 0 Å². The minimum atomic E-state index is -4.00. The molecule has 0 rings (SSSR count). The van der Waals surface area contributed by atoms with Crippen LogP contribution in [-0.4, -0.2) is 22.1 Å². The average molecular weight is 250 g/mol. The molecule has 0 atom stereocenters. The van der Waals surface area contributed by atoms with Crippen molar-refractivity contribution in [3.63, 3.8) is 0 Å². The molecule has 0 bridgehead atoms. The Hall–Kier alpha value is -0.270. The molecule has 2 N–H and O–H groups in total. The topological polar surface area (TPSA) is 57.5 Å². The summed E-state index contributed by atoms with van der Waals surface area (Å²) in [6.45, 7) is 0.375. The normalized spacial score (nSPS) is 11.1. The average Bonchev–Trinajstić information content (AvgIpc) is 1.45. The largest absolute Gasteiger partial charge is 0.386 e. The summed E-state index contributed by atoms with van der Waals surface area (Å²) in [6, 6.07) is 0. The summed E-state index contributed by atoms with van der Waals surface area (Å²) in [5.41, 5.74) is 0. The van der Waals surface area contributed by atoms with Crippen LogP contribution in [0.1, 0.15) is 13.8 Å². The van der Waals surface area contributed by atoms with Gasteiger partial charge in [-0.2, -0.15) is 26.3 Å². The number of alkyl halides is 6. The number of rotatable bonds is 0. The van der Waals surface area contributed by atoms with Crippen molar-refractivity contribution in [2.24, 2.45) is 0 Å². The molecule has 0 aromatic heterocycles. The predicted octanol–water partition coefficient (Wildman–Crippen LogP) is 2.50. The predicted molar refractivity (Wildman–Crippen MR) is 36.9 cm³/mol.